The fraction of sp³-hybridized carbons (Fsp3) is 0.762. The number of oxazole rings is 1. The van der Waals surface area contributed by atoms with Crippen LogP contribution in [0.5, 0.6) is 0 Å². The highest BCUT2D eigenvalue weighted by Crippen LogP contribution is 2.19. The number of nitrogens with one attached hydrogen (secondary N) is 2. The van der Waals surface area contributed by atoms with Crippen LogP contribution in [0.15, 0.2) is 9.41 Å². The number of hydrogen-bond acceptors (Lipinski definition) is 6. The molecule has 3 heterocycles. The maximum atomic E-state index is 11.6. The fourth-order valence-electron chi connectivity index (χ4n) is 4.11. The standard InChI is InChI=1S/C21H36N6O3/c1-15-16(2)30-19(24-15)14-26-9-5-17(6-10-26)13-23-20(22-3)25-18-7-11-27(12-8-18)21(28)29-4/h17-18H,5-14H2,1-4H3,(H2,22,23,25). The van der Waals surface area contributed by atoms with Crippen molar-refractivity contribution in [2.24, 2.45) is 10.9 Å². The summed E-state index contributed by atoms with van der Waals surface area (Å²) in [4.78, 5) is 24.7. The Bertz CT molecular complexity index is 699. The van der Waals surface area contributed by atoms with Gasteiger partial charge in [0.1, 0.15) is 5.76 Å². The van der Waals surface area contributed by atoms with Gasteiger partial charge in [-0.15, -0.1) is 0 Å². The molecular formula is C21H36N6O3. The van der Waals surface area contributed by atoms with Crippen LogP contribution in [0, 0.1) is 19.8 Å². The van der Waals surface area contributed by atoms with E-state index in [1.807, 2.05) is 20.9 Å². The van der Waals surface area contributed by atoms with Crippen molar-refractivity contribution in [1.29, 1.82) is 0 Å². The van der Waals surface area contributed by atoms with Crippen LogP contribution in [0.3, 0.4) is 0 Å². The Hall–Kier alpha value is -2.29. The van der Waals surface area contributed by atoms with Gasteiger partial charge < -0.3 is 24.7 Å². The summed E-state index contributed by atoms with van der Waals surface area (Å²) in [6.07, 6.45) is 3.86. The highest BCUT2D eigenvalue weighted by molar-refractivity contribution is 5.80. The number of amides is 1. The van der Waals surface area contributed by atoms with Gasteiger partial charge in [0.2, 0.25) is 5.89 Å². The number of carbonyl (C=O) groups is 1. The van der Waals surface area contributed by atoms with Gasteiger partial charge >= 0.3 is 6.09 Å². The Morgan fingerprint density at radius 1 is 1.20 bits per heavy atom. The fourth-order valence-corrected chi connectivity index (χ4v) is 4.11. The van der Waals surface area contributed by atoms with Crippen LogP contribution in [0.2, 0.25) is 0 Å². The molecule has 1 amide bonds. The van der Waals surface area contributed by atoms with Crippen molar-refractivity contribution in [2.75, 3.05) is 46.9 Å². The zero-order valence-electron chi connectivity index (χ0n) is 18.7. The number of nitrogens with zero attached hydrogens (tertiary/aromatic N) is 4. The molecule has 0 saturated carbocycles. The van der Waals surface area contributed by atoms with Crippen LogP contribution in [0.1, 0.15) is 43.0 Å². The van der Waals surface area contributed by atoms with Crippen molar-refractivity contribution in [1.82, 2.24) is 25.4 Å². The van der Waals surface area contributed by atoms with Crippen LogP contribution in [0.25, 0.3) is 0 Å². The number of methoxy groups -OCH3 is 1. The average Bonchev–Trinajstić information content (AvgIpc) is 3.08. The van der Waals surface area contributed by atoms with Crippen LogP contribution < -0.4 is 10.6 Å². The van der Waals surface area contributed by atoms with Crippen molar-refractivity contribution < 1.29 is 13.9 Å². The lowest BCUT2D eigenvalue weighted by Crippen LogP contribution is -2.50. The van der Waals surface area contributed by atoms with Crippen LogP contribution in [0.4, 0.5) is 4.79 Å². The third-order valence-electron chi connectivity index (χ3n) is 6.19. The Morgan fingerprint density at radius 2 is 1.90 bits per heavy atom. The molecule has 2 aliphatic heterocycles. The third-order valence-corrected chi connectivity index (χ3v) is 6.19. The van der Waals surface area contributed by atoms with E-state index in [0.717, 1.165) is 75.2 Å². The van der Waals surface area contributed by atoms with Gasteiger partial charge in [-0.2, -0.15) is 0 Å². The summed E-state index contributed by atoms with van der Waals surface area (Å²) in [6.45, 7) is 9.22. The molecule has 0 atom stereocenters. The predicted octanol–water partition coefficient (Wildman–Crippen LogP) is 1.90. The van der Waals surface area contributed by atoms with E-state index in [4.69, 9.17) is 9.15 Å². The number of aryl methyl sites for hydroxylation is 2. The van der Waals surface area contributed by atoms with E-state index in [0.29, 0.717) is 25.0 Å². The number of rotatable bonds is 5. The van der Waals surface area contributed by atoms with E-state index < -0.39 is 0 Å². The lowest BCUT2D eigenvalue weighted by Gasteiger charge is -2.33. The van der Waals surface area contributed by atoms with Gasteiger partial charge in [-0.3, -0.25) is 9.89 Å². The van der Waals surface area contributed by atoms with E-state index in [1.54, 1.807) is 4.90 Å². The SMILES string of the molecule is CN=C(NCC1CCN(Cc2nc(C)c(C)o2)CC1)NC1CCN(C(=O)OC)CC1. The van der Waals surface area contributed by atoms with Crippen LogP contribution in [-0.4, -0.2) is 79.8 Å². The molecule has 30 heavy (non-hydrogen) atoms. The average molecular weight is 421 g/mol. The number of aromatic nitrogens is 1. The molecule has 0 bridgehead atoms. The van der Waals surface area contributed by atoms with Gasteiger partial charge in [-0.1, -0.05) is 0 Å². The zero-order valence-corrected chi connectivity index (χ0v) is 18.7. The number of hydrogen-bond donors (Lipinski definition) is 2. The monoisotopic (exact) mass is 420 g/mol. The summed E-state index contributed by atoms with van der Waals surface area (Å²) < 4.78 is 10.5. The van der Waals surface area contributed by atoms with Gasteiger partial charge in [-0.25, -0.2) is 9.78 Å². The summed E-state index contributed by atoms with van der Waals surface area (Å²) in [5.74, 6) is 3.22. The van der Waals surface area contributed by atoms with Gasteiger partial charge in [0.15, 0.2) is 5.96 Å². The normalized spacial score (nSPS) is 19.7. The minimum Gasteiger partial charge on any atom is -0.453 e. The molecule has 2 aliphatic rings. The number of aliphatic imine (C=N–C) groups is 1. The first-order valence-electron chi connectivity index (χ1n) is 10.9. The predicted molar refractivity (Wildman–Crippen MR) is 115 cm³/mol. The van der Waals surface area contributed by atoms with Gasteiger partial charge in [0.05, 0.1) is 19.3 Å². The molecule has 2 fully saturated rings. The van der Waals surface area contributed by atoms with Crippen molar-refractivity contribution in [2.45, 2.75) is 52.1 Å². The highest BCUT2D eigenvalue weighted by atomic mass is 16.5. The first kappa shape index (κ1) is 22.4. The van der Waals surface area contributed by atoms with Crippen molar-refractivity contribution in [3.8, 4) is 0 Å². The molecule has 0 unspecified atom stereocenters. The van der Waals surface area contributed by atoms with E-state index in [-0.39, 0.29) is 6.09 Å². The van der Waals surface area contributed by atoms with E-state index in [2.05, 4.69) is 25.5 Å². The second-order valence-corrected chi connectivity index (χ2v) is 8.30. The van der Waals surface area contributed by atoms with E-state index >= 15 is 0 Å². The van der Waals surface area contributed by atoms with Gasteiger partial charge in [-0.05, 0) is 58.5 Å². The Morgan fingerprint density at radius 3 is 2.47 bits per heavy atom. The summed E-state index contributed by atoms with van der Waals surface area (Å²) >= 11 is 0. The van der Waals surface area contributed by atoms with Crippen molar-refractivity contribution >= 4 is 12.1 Å². The first-order chi connectivity index (χ1) is 14.5. The Kier molecular flexibility index (Phi) is 7.95. The molecule has 2 saturated heterocycles. The van der Waals surface area contributed by atoms with Crippen molar-refractivity contribution in [3.05, 3.63) is 17.3 Å². The third kappa shape index (κ3) is 6.10. The van der Waals surface area contributed by atoms with Gasteiger partial charge in [0.25, 0.3) is 0 Å². The molecule has 168 valence electrons. The largest absolute Gasteiger partial charge is 0.453 e. The first-order valence-corrected chi connectivity index (χ1v) is 10.9. The minimum atomic E-state index is -0.240. The molecule has 3 rings (SSSR count). The summed E-state index contributed by atoms with van der Waals surface area (Å²) in [5.41, 5.74) is 0.985. The van der Waals surface area contributed by atoms with Crippen LogP contribution >= 0.6 is 0 Å². The molecule has 0 radical (unpaired) electrons. The maximum absolute atomic E-state index is 11.6. The molecule has 0 spiro atoms. The number of ether oxygens (including phenoxy) is 1. The number of piperidine rings is 2. The summed E-state index contributed by atoms with van der Waals surface area (Å²) in [7, 11) is 3.24. The Labute approximate surface area is 179 Å². The topological polar surface area (TPSA) is 95.2 Å². The molecule has 1 aromatic heterocycles. The van der Waals surface area contributed by atoms with Crippen molar-refractivity contribution in [3.63, 3.8) is 0 Å². The molecule has 9 heteroatoms. The molecule has 9 nitrogen and oxygen atoms in total. The molecule has 2 N–H and O–H groups in total. The number of likely N-dealkylation sites (tertiary alicyclic amines) is 2. The second-order valence-electron chi connectivity index (χ2n) is 8.30. The molecule has 0 aromatic carbocycles. The van der Waals surface area contributed by atoms with Gasteiger partial charge in [0, 0.05) is 32.7 Å². The lowest BCUT2D eigenvalue weighted by atomic mass is 9.97. The number of carbonyl (C=O) groups excluding carboxylic acids is 1. The van der Waals surface area contributed by atoms with Crippen LogP contribution in [-0.2, 0) is 11.3 Å². The number of guanidine groups is 1. The highest BCUT2D eigenvalue weighted by Gasteiger charge is 2.24. The molecular weight excluding hydrogens is 384 g/mol. The summed E-state index contributed by atoms with van der Waals surface area (Å²) in [5, 5.41) is 6.99. The van der Waals surface area contributed by atoms with E-state index in [1.165, 1.54) is 7.11 Å². The molecule has 1 aromatic rings. The summed E-state index contributed by atoms with van der Waals surface area (Å²) in [6, 6.07) is 0.326. The second kappa shape index (κ2) is 10.7. The smallest absolute Gasteiger partial charge is 0.409 e. The zero-order chi connectivity index (χ0) is 21.5. The minimum absolute atomic E-state index is 0.240. The quantitative estimate of drug-likeness (QED) is 0.555. The van der Waals surface area contributed by atoms with E-state index in [9.17, 15) is 4.79 Å². The molecule has 0 aliphatic carbocycles. The Balaban J connectivity index is 1.34. The maximum Gasteiger partial charge on any atom is 0.409 e. The lowest BCUT2D eigenvalue weighted by molar-refractivity contribution is 0.111.